The van der Waals surface area contributed by atoms with Crippen LogP contribution in [0.25, 0.3) is 6.08 Å². The zero-order chi connectivity index (χ0) is 25.0. The molecule has 176 valence electrons. The first-order valence-corrected chi connectivity index (χ1v) is 10.7. The Morgan fingerprint density at radius 3 is 2.09 bits per heavy atom. The van der Waals surface area contributed by atoms with Gasteiger partial charge in [0.15, 0.2) is 6.61 Å². The lowest BCUT2D eigenvalue weighted by atomic mass is 10.2. The largest absolute Gasteiger partial charge is 0.748 e. The molecule has 33 heavy (non-hydrogen) atoms. The SMILES string of the molecule is CS(=O)(=O)[O-].NC(N)=[NH+]c1ccc(C(=O)Oc2ccc(/C=C/C(=O)OCC(=O)O)cc2)cc1. The quantitative estimate of drug-likeness (QED) is 0.0913. The monoisotopic (exact) mass is 479 g/mol. The molecule has 0 saturated carbocycles. The average molecular weight is 479 g/mol. The lowest BCUT2D eigenvalue weighted by Crippen LogP contribution is -2.72. The zero-order valence-electron chi connectivity index (χ0n) is 17.3. The van der Waals surface area contributed by atoms with Gasteiger partial charge in [0.25, 0.3) is 0 Å². The minimum atomic E-state index is -3.92. The maximum Gasteiger partial charge on any atom is 0.343 e. The van der Waals surface area contributed by atoms with Gasteiger partial charge >= 0.3 is 23.9 Å². The molecule has 0 atom stereocenters. The van der Waals surface area contributed by atoms with E-state index in [2.05, 4.69) is 9.73 Å². The zero-order valence-corrected chi connectivity index (χ0v) is 18.1. The summed E-state index contributed by atoms with van der Waals surface area (Å²) in [6.45, 7) is -0.701. The number of aliphatic carboxylic acids is 1. The summed E-state index contributed by atoms with van der Waals surface area (Å²) in [6.07, 6.45) is 3.15. The molecule has 0 radical (unpaired) electrons. The molecule has 0 heterocycles. The van der Waals surface area contributed by atoms with Crippen molar-refractivity contribution in [3.8, 4) is 5.75 Å². The minimum Gasteiger partial charge on any atom is -0.748 e. The van der Waals surface area contributed by atoms with Crippen LogP contribution in [0.15, 0.2) is 54.6 Å². The molecule has 6 N–H and O–H groups in total. The third kappa shape index (κ3) is 12.9. The van der Waals surface area contributed by atoms with Crippen molar-refractivity contribution in [3.63, 3.8) is 0 Å². The van der Waals surface area contributed by atoms with Crippen LogP contribution in [0, 0.1) is 0 Å². The van der Waals surface area contributed by atoms with Crippen LogP contribution < -0.4 is 21.2 Å². The van der Waals surface area contributed by atoms with Crippen LogP contribution in [-0.2, 0) is 24.4 Å². The summed E-state index contributed by atoms with van der Waals surface area (Å²) in [5, 5.41) is 8.42. The van der Waals surface area contributed by atoms with E-state index in [0.717, 1.165) is 6.08 Å². The van der Waals surface area contributed by atoms with E-state index in [1.807, 2.05) is 0 Å². The number of hydrogen-bond acceptors (Lipinski definition) is 8. The van der Waals surface area contributed by atoms with Crippen molar-refractivity contribution in [1.29, 1.82) is 0 Å². The molecule has 0 aliphatic rings. The fourth-order valence-corrected chi connectivity index (χ4v) is 2.01. The van der Waals surface area contributed by atoms with E-state index in [1.165, 1.54) is 6.08 Å². The molecule has 2 aromatic carbocycles. The van der Waals surface area contributed by atoms with Crippen LogP contribution >= 0.6 is 0 Å². The minimum absolute atomic E-state index is 0.0413. The van der Waals surface area contributed by atoms with Crippen LogP contribution in [0.3, 0.4) is 0 Å². The second kappa shape index (κ2) is 12.6. The van der Waals surface area contributed by atoms with E-state index in [9.17, 15) is 14.4 Å². The molecule has 0 amide bonds. The topological polar surface area (TPSA) is 213 Å². The van der Waals surface area contributed by atoms with Gasteiger partial charge in [-0.05, 0) is 48.0 Å². The van der Waals surface area contributed by atoms with Gasteiger partial charge in [-0.15, -0.1) is 0 Å². The predicted molar refractivity (Wildman–Crippen MR) is 115 cm³/mol. The Balaban J connectivity index is 0.000000981. The molecule has 2 aromatic rings. The van der Waals surface area contributed by atoms with E-state index in [0.29, 0.717) is 28.8 Å². The van der Waals surface area contributed by atoms with Gasteiger partial charge in [-0.25, -0.2) is 27.8 Å². The van der Waals surface area contributed by atoms with E-state index < -0.39 is 34.6 Å². The molecular formula is C20H21N3O9S. The van der Waals surface area contributed by atoms with Crippen molar-refractivity contribution < 1.29 is 46.9 Å². The number of carboxylic acids is 1. The highest BCUT2D eigenvalue weighted by Crippen LogP contribution is 2.15. The number of esters is 2. The third-order valence-electron chi connectivity index (χ3n) is 3.25. The van der Waals surface area contributed by atoms with Crippen molar-refractivity contribution in [3.05, 3.63) is 65.7 Å². The van der Waals surface area contributed by atoms with Gasteiger partial charge in [-0.3, -0.25) is 11.5 Å². The molecular weight excluding hydrogens is 458 g/mol. The van der Waals surface area contributed by atoms with Crippen LogP contribution in [0.5, 0.6) is 5.75 Å². The molecule has 13 heteroatoms. The van der Waals surface area contributed by atoms with E-state index in [4.69, 9.17) is 34.3 Å². The van der Waals surface area contributed by atoms with Gasteiger partial charge in [-0.1, -0.05) is 12.1 Å². The number of nitrogens with one attached hydrogen (secondary N) is 1. The fraction of sp³-hybridized carbons (Fsp3) is 0.100. The van der Waals surface area contributed by atoms with Gasteiger partial charge in [0, 0.05) is 12.3 Å². The van der Waals surface area contributed by atoms with Crippen molar-refractivity contribution in [2.45, 2.75) is 0 Å². The summed E-state index contributed by atoms with van der Waals surface area (Å²) >= 11 is 0. The summed E-state index contributed by atoms with van der Waals surface area (Å²) in [5.74, 6) is -2.20. The van der Waals surface area contributed by atoms with Crippen LogP contribution in [-0.4, -0.2) is 54.8 Å². The summed E-state index contributed by atoms with van der Waals surface area (Å²) in [7, 11) is -3.92. The number of hydrogen-bond donors (Lipinski definition) is 4. The van der Waals surface area contributed by atoms with Crippen molar-refractivity contribution in [2.75, 3.05) is 12.9 Å². The number of carboxylic acid groups (broad SMARTS) is 1. The van der Waals surface area contributed by atoms with Crippen LogP contribution in [0.2, 0.25) is 0 Å². The molecule has 0 bridgehead atoms. The fourth-order valence-electron chi connectivity index (χ4n) is 2.01. The van der Waals surface area contributed by atoms with Crippen LogP contribution in [0.1, 0.15) is 15.9 Å². The van der Waals surface area contributed by atoms with Gasteiger partial charge in [0.05, 0.1) is 21.4 Å². The molecule has 0 fully saturated rings. The van der Waals surface area contributed by atoms with Gasteiger partial charge < -0.3 is 19.1 Å². The first-order chi connectivity index (χ1) is 15.3. The average Bonchev–Trinajstić information content (AvgIpc) is 2.70. The first kappa shape index (κ1) is 26.8. The third-order valence-corrected chi connectivity index (χ3v) is 3.25. The second-order valence-electron chi connectivity index (χ2n) is 6.16. The van der Waals surface area contributed by atoms with E-state index >= 15 is 0 Å². The highest BCUT2D eigenvalue weighted by Gasteiger charge is 2.09. The Morgan fingerprint density at radius 1 is 1.06 bits per heavy atom. The Hall–Kier alpha value is -4.23. The molecule has 0 unspecified atom stereocenters. The maximum atomic E-state index is 12.2. The van der Waals surface area contributed by atoms with Crippen molar-refractivity contribution in [2.24, 2.45) is 11.5 Å². The van der Waals surface area contributed by atoms with Crippen molar-refractivity contribution in [1.82, 2.24) is 0 Å². The molecule has 2 rings (SSSR count). The molecule has 0 aliphatic heterocycles. The van der Waals surface area contributed by atoms with Gasteiger partial charge in [0.2, 0.25) is 0 Å². The summed E-state index contributed by atoms with van der Waals surface area (Å²) < 4.78 is 37.0. The summed E-state index contributed by atoms with van der Waals surface area (Å²) in [4.78, 5) is 36.5. The number of carbonyl (C=O) groups excluding carboxylic acids is 2. The number of benzene rings is 2. The molecule has 0 spiro atoms. The molecule has 12 nitrogen and oxygen atoms in total. The molecule has 0 aliphatic carbocycles. The first-order valence-electron chi connectivity index (χ1n) is 8.88. The number of guanidine groups is 1. The Bertz CT molecular complexity index is 1130. The van der Waals surface area contributed by atoms with Gasteiger partial charge in [-0.2, -0.15) is 0 Å². The Kier molecular flexibility index (Phi) is 10.2. The van der Waals surface area contributed by atoms with E-state index in [-0.39, 0.29) is 5.96 Å². The standard InChI is InChI=1S/C19H17N3O6.CH4O3S/c20-19(21)22-14-6-4-13(5-7-14)18(26)28-15-8-1-12(2-9-15)3-10-17(25)27-11-16(23)24;1-5(2,3)4/h1-10H,11H2,(H,23,24)(H4,20,21,22);1H3,(H,2,3,4)/b10-3+;. The number of ether oxygens (including phenoxy) is 2. The Morgan fingerprint density at radius 2 is 1.61 bits per heavy atom. The number of nitrogens with two attached hydrogens (primary N) is 2. The van der Waals surface area contributed by atoms with Crippen molar-refractivity contribution >= 4 is 45.7 Å². The van der Waals surface area contributed by atoms with Crippen LogP contribution in [0.4, 0.5) is 5.69 Å². The Labute approximate surface area is 188 Å². The number of rotatable bonds is 7. The molecule has 0 aromatic heterocycles. The normalized spacial score (nSPS) is 10.5. The smallest absolute Gasteiger partial charge is 0.343 e. The number of carbonyl (C=O) groups is 3. The molecule has 0 saturated heterocycles. The maximum absolute atomic E-state index is 12.2. The lowest BCUT2D eigenvalue weighted by Gasteiger charge is -2.05. The van der Waals surface area contributed by atoms with Gasteiger partial charge in [0.1, 0.15) is 5.75 Å². The predicted octanol–water partition coefficient (Wildman–Crippen LogP) is -1.31. The highest BCUT2D eigenvalue weighted by molar-refractivity contribution is 7.84. The summed E-state index contributed by atoms with van der Waals surface area (Å²) in [6, 6.07) is 12.7. The lowest BCUT2D eigenvalue weighted by molar-refractivity contribution is -0.356. The van der Waals surface area contributed by atoms with E-state index in [1.54, 1.807) is 48.5 Å². The second-order valence-corrected chi connectivity index (χ2v) is 7.56. The highest BCUT2D eigenvalue weighted by atomic mass is 32.2. The summed E-state index contributed by atoms with van der Waals surface area (Å²) in [5.41, 5.74) is 12.3.